The molecule has 0 bridgehead atoms. The molecular formula is C18H16N2O4S. The molecule has 0 saturated carbocycles. The number of hydrogen-bond donors (Lipinski definition) is 1. The van der Waals surface area contributed by atoms with Crippen LogP contribution in [0.4, 0.5) is 0 Å². The van der Waals surface area contributed by atoms with Crippen LogP contribution in [-0.2, 0) is 9.84 Å². The van der Waals surface area contributed by atoms with Crippen LogP contribution in [0.2, 0.25) is 0 Å². The van der Waals surface area contributed by atoms with Gasteiger partial charge < -0.3 is 9.73 Å². The van der Waals surface area contributed by atoms with Crippen LogP contribution < -0.4 is 5.32 Å². The van der Waals surface area contributed by atoms with E-state index in [-0.39, 0.29) is 17.2 Å². The van der Waals surface area contributed by atoms with Crippen LogP contribution in [0.3, 0.4) is 0 Å². The lowest BCUT2D eigenvalue weighted by Crippen LogP contribution is -2.31. The molecule has 1 amide bonds. The fraction of sp³-hybridized carbons (Fsp3) is 0.111. The molecule has 0 unspecified atom stereocenters. The number of sulfone groups is 1. The highest BCUT2D eigenvalue weighted by molar-refractivity contribution is 7.91. The molecule has 3 aromatic rings. The molecule has 2 aromatic heterocycles. The summed E-state index contributed by atoms with van der Waals surface area (Å²) in [6.45, 7) is -0.0948. The number of hydrogen-bond acceptors (Lipinski definition) is 5. The van der Waals surface area contributed by atoms with Gasteiger partial charge in [0.1, 0.15) is 5.25 Å². The number of amides is 1. The monoisotopic (exact) mass is 356 g/mol. The third kappa shape index (κ3) is 3.77. The molecule has 0 radical (unpaired) electrons. The summed E-state index contributed by atoms with van der Waals surface area (Å²) in [6, 6.07) is 14.6. The Bertz CT molecular complexity index is 924. The minimum atomic E-state index is -3.70. The van der Waals surface area contributed by atoms with Gasteiger partial charge in [-0.15, -0.1) is 0 Å². The Balaban J connectivity index is 1.90. The van der Waals surface area contributed by atoms with Crippen molar-refractivity contribution in [2.45, 2.75) is 10.1 Å². The highest BCUT2D eigenvalue weighted by Crippen LogP contribution is 2.28. The second kappa shape index (κ2) is 7.31. The maximum absolute atomic E-state index is 13.0. The van der Waals surface area contributed by atoms with E-state index >= 15 is 0 Å². The molecule has 1 atom stereocenters. The molecule has 128 valence electrons. The molecule has 0 aliphatic rings. The molecule has 0 saturated heterocycles. The van der Waals surface area contributed by atoms with E-state index in [1.807, 2.05) is 0 Å². The Kier molecular flexibility index (Phi) is 4.95. The number of nitrogens with zero attached hydrogens (tertiary/aromatic N) is 1. The van der Waals surface area contributed by atoms with Crippen LogP contribution in [0.15, 0.2) is 82.6 Å². The standard InChI is InChI=1S/C18H16N2O4S/c21-18(16-9-5-11-24-16)20-13-17(14-6-4-10-19-12-14)25(22,23)15-7-2-1-3-8-15/h1-12,17H,13H2,(H,20,21)/t17-/m1/s1. The van der Waals surface area contributed by atoms with Gasteiger partial charge in [-0.1, -0.05) is 24.3 Å². The van der Waals surface area contributed by atoms with Crippen molar-refractivity contribution in [3.63, 3.8) is 0 Å². The van der Waals surface area contributed by atoms with Gasteiger partial charge in [-0.3, -0.25) is 9.78 Å². The molecule has 0 spiro atoms. The zero-order chi connectivity index (χ0) is 17.7. The molecule has 7 heteroatoms. The van der Waals surface area contributed by atoms with Crippen LogP contribution in [0.25, 0.3) is 0 Å². The van der Waals surface area contributed by atoms with Crippen molar-refractivity contribution < 1.29 is 17.6 Å². The molecule has 25 heavy (non-hydrogen) atoms. The number of aromatic nitrogens is 1. The predicted octanol–water partition coefficient (Wildman–Crippen LogP) is 2.62. The minimum Gasteiger partial charge on any atom is -0.459 e. The van der Waals surface area contributed by atoms with E-state index in [4.69, 9.17) is 4.42 Å². The van der Waals surface area contributed by atoms with Gasteiger partial charge in [0.05, 0.1) is 11.2 Å². The molecule has 0 aliphatic heterocycles. The van der Waals surface area contributed by atoms with Crippen LogP contribution in [0.1, 0.15) is 21.4 Å². The maximum Gasteiger partial charge on any atom is 0.287 e. The van der Waals surface area contributed by atoms with Crippen molar-refractivity contribution in [3.8, 4) is 0 Å². The smallest absolute Gasteiger partial charge is 0.287 e. The number of pyridine rings is 1. The summed E-state index contributed by atoms with van der Waals surface area (Å²) >= 11 is 0. The lowest BCUT2D eigenvalue weighted by molar-refractivity contribution is 0.0926. The van der Waals surface area contributed by atoms with E-state index in [1.165, 1.54) is 30.7 Å². The van der Waals surface area contributed by atoms with Crippen LogP contribution in [-0.4, -0.2) is 25.9 Å². The summed E-state index contributed by atoms with van der Waals surface area (Å²) in [4.78, 5) is 16.3. The highest BCUT2D eigenvalue weighted by Gasteiger charge is 2.30. The first-order chi connectivity index (χ1) is 12.1. The minimum absolute atomic E-state index is 0.0948. The summed E-state index contributed by atoms with van der Waals surface area (Å²) in [5.41, 5.74) is 0.506. The Labute approximate surface area is 145 Å². The average molecular weight is 356 g/mol. The van der Waals surface area contributed by atoms with Crippen molar-refractivity contribution in [1.29, 1.82) is 0 Å². The van der Waals surface area contributed by atoms with E-state index in [0.29, 0.717) is 5.56 Å². The molecule has 3 rings (SSSR count). The van der Waals surface area contributed by atoms with E-state index < -0.39 is 21.0 Å². The Morgan fingerprint density at radius 1 is 1.08 bits per heavy atom. The zero-order valence-electron chi connectivity index (χ0n) is 13.2. The number of carbonyl (C=O) groups excluding carboxylic acids is 1. The lowest BCUT2D eigenvalue weighted by Gasteiger charge is -2.18. The second-order valence-electron chi connectivity index (χ2n) is 5.32. The van der Waals surface area contributed by atoms with Crippen molar-refractivity contribution in [3.05, 3.63) is 84.6 Å². The van der Waals surface area contributed by atoms with E-state index in [1.54, 1.807) is 42.6 Å². The third-order valence-corrected chi connectivity index (χ3v) is 5.81. The van der Waals surface area contributed by atoms with Crippen molar-refractivity contribution >= 4 is 15.7 Å². The molecule has 0 fully saturated rings. The van der Waals surface area contributed by atoms with Gasteiger partial charge in [0.15, 0.2) is 15.6 Å². The topological polar surface area (TPSA) is 89.3 Å². The maximum atomic E-state index is 13.0. The lowest BCUT2D eigenvalue weighted by atomic mass is 10.2. The Hall–Kier alpha value is -2.93. The number of rotatable bonds is 6. The average Bonchev–Trinajstić information content (AvgIpc) is 3.18. The molecule has 0 aliphatic carbocycles. The number of carbonyl (C=O) groups is 1. The molecular weight excluding hydrogens is 340 g/mol. The van der Waals surface area contributed by atoms with E-state index in [2.05, 4.69) is 10.3 Å². The summed E-state index contributed by atoms with van der Waals surface area (Å²) in [5, 5.41) is 1.66. The molecule has 1 aromatic carbocycles. The van der Waals surface area contributed by atoms with Gasteiger partial charge >= 0.3 is 0 Å². The van der Waals surface area contributed by atoms with Crippen LogP contribution in [0.5, 0.6) is 0 Å². The van der Waals surface area contributed by atoms with Gasteiger partial charge in [-0.2, -0.15) is 0 Å². The second-order valence-corrected chi connectivity index (χ2v) is 7.45. The fourth-order valence-electron chi connectivity index (χ4n) is 2.43. The molecule has 6 nitrogen and oxygen atoms in total. The van der Waals surface area contributed by atoms with Gasteiger partial charge in [0, 0.05) is 18.9 Å². The van der Waals surface area contributed by atoms with Gasteiger partial charge in [-0.25, -0.2) is 8.42 Å². The van der Waals surface area contributed by atoms with Gasteiger partial charge in [0.2, 0.25) is 0 Å². The molecule has 2 heterocycles. The van der Waals surface area contributed by atoms with E-state index in [9.17, 15) is 13.2 Å². The number of benzene rings is 1. The first-order valence-electron chi connectivity index (χ1n) is 7.59. The predicted molar refractivity (Wildman–Crippen MR) is 91.6 cm³/mol. The third-order valence-electron chi connectivity index (χ3n) is 3.70. The zero-order valence-corrected chi connectivity index (χ0v) is 14.0. The van der Waals surface area contributed by atoms with Crippen molar-refractivity contribution in [1.82, 2.24) is 10.3 Å². The summed E-state index contributed by atoms with van der Waals surface area (Å²) < 4.78 is 31.1. The van der Waals surface area contributed by atoms with E-state index in [0.717, 1.165) is 0 Å². The summed E-state index contributed by atoms with van der Waals surface area (Å²) in [7, 11) is -3.70. The molecule has 1 N–H and O–H groups in total. The van der Waals surface area contributed by atoms with Gasteiger partial charge in [-0.05, 0) is 35.9 Å². The number of furan rings is 1. The van der Waals surface area contributed by atoms with Crippen LogP contribution >= 0.6 is 0 Å². The first-order valence-corrected chi connectivity index (χ1v) is 9.14. The Morgan fingerprint density at radius 2 is 1.88 bits per heavy atom. The first kappa shape index (κ1) is 16.9. The van der Waals surface area contributed by atoms with Gasteiger partial charge in [0.25, 0.3) is 5.91 Å². The van der Waals surface area contributed by atoms with Crippen molar-refractivity contribution in [2.24, 2.45) is 0 Å². The van der Waals surface area contributed by atoms with Crippen LogP contribution in [0, 0.1) is 0 Å². The normalized spacial score (nSPS) is 12.5. The summed E-state index contributed by atoms with van der Waals surface area (Å²) in [5.74, 6) is -0.343. The fourth-order valence-corrected chi connectivity index (χ4v) is 4.09. The quantitative estimate of drug-likeness (QED) is 0.733. The number of nitrogens with one attached hydrogen (secondary N) is 1. The summed E-state index contributed by atoms with van der Waals surface area (Å²) in [6.07, 6.45) is 4.44. The van der Waals surface area contributed by atoms with Crippen molar-refractivity contribution in [2.75, 3.05) is 6.54 Å². The highest BCUT2D eigenvalue weighted by atomic mass is 32.2. The Morgan fingerprint density at radius 3 is 2.52 bits per heavy atom. The SMILES string of the molecule is O=C(NC[C@H](c1cccnc1)S(=O)(=O)c1ccccc1)c1ccco1. The largest absolute Gasteiger partial charge is 0.459 e.